The summed E-state index contributed by atoms with van der Waals surface area (Å²) >= 11 is 1.60. The summed E-state index contributed by atoms with van der Waals surface area (Å²) in [6, 6.07) is 3.88. The molecule has 1 N–H and O–H groups in total. The minimum absolute atomic E-state index is 0.0671. The Morgan fingerprint density at radius 1 is 1.67 bits per heavy atom. The molecule has 2 heterocycles. The van der Waals surface area contributed by atoms with Gasteiger partial charge in [-0.2, -0.15) is 0 Å². The van der Waals surface area contributed by atoms with Gasteiger partial charge in [0.1, 0.15) is 5.76 Å². The Kier molecular flexibility index (Phi) is 4.49. The third-order valence-corrected chi connectivity index (χ3v) is 3.48. The Hall–Kier alpha value is -1.66. The Labute approximate surface area is 109 Å². The molecule has 2 aromatic rings. The van der Waals surface area contributed by atoms with E-state index in [1.165, 1.54) is 13.5 Å². The molecule has 5 nitrogen and oxygen atoms in total. The summed E-state index contributed by atoms with van der Waals surface area (Å²) in [6.07, 6.45) is 3.33. The van der Waals surface area contributed by atoms with E-state index in [4.69, 9.17) is 9.15 Å². The van der Waals surface area contributed by atoms with Crippen LogP contribution >= 0.6 is 11.3 Å². The minimum Gasteiger partial charge on any atom is -0.469 e. The van der Waals surface area contributed by atoms with Crippen LogP contribution in [0, 0.1) is 0 Å². The molecule has 0 aliphatic rings. The van der Waals surface area contributed by atoms with E-state index >= 15 is 0 Å². The van der Waals surface area contributed by atoms with E-state index in [2.05, 4.69) is 10.3 Å². The number of nitrogens with one attached hydrogen (secondary N) is 1. The van der Waals surface area contributed by atoms with Gasteiger partial charge in [0.2, 0.25) is 0 Å². The van der Waals surface area contributed by atoms with Crippen molar-refractivity contribution < 1.29 is 13.9 Å². The van der Waals surface area contributed by atoms with Crippen LogP contribution in [-0.2, 0) is 16.1 Å². The molecule has 0 saturated carbocycles. The van der Waals surface area contributed by atoms with Gasteiger partial charge in [-0.1, -0.05) is 6.07 Å². The summed E-state index contributed by atoms with van der Waals surface area (Å²) in [4.78, 5) is 16.3. The largest absolute Gasteiger partial charge is 0.469 e. The van der Waals surface area contributed by atoms with E-state index in [0.717, 1.165) is 10.6 Å². The highest BCUT2D eigenvalue weighted by atomic mass is 32.1. The van der Waals surface area contributed by atoms with Crippen molar-refractivity contribution in [2.75, 3.05) is 7.11 Å². The molecule has 1 unspecified atom stereocenters. The normalized spacial score (nSPS) is 12.3. The van der Waals surface area contributed by atoms with Gasteiger partial charge in [0.15, 0.2) is 6.39 Å². The van der Waals surface area contributed by atoms with Crippen molar-refractivity contribution in [3.63, 3.8) is 0 Å². The summed E-state index contributed by atoms with van der Waals surface area (Å²) in [5.74, 6) is 0.500. The Morgan fingerprint density at radius 3 is 3.17 bits per heavy atom. The molecule has 1 atom stereocenters. The Morgan fingerprint density at radius 2 is 2.56 bits per heavy atom. The van der Waals surface area contributed by atoms with Crippen LogP contribution in [0.1, 0.15) is 23.1 Å². The molecule has 0 bridgehead atoms. The zero-order chi connectivity index (χ0) is 12.8. The zero-order valence-corrected chi connectivity index (χ0v) is 10.8. The summed E-state index contributed by atoms with van der Waals surface area (Å²) in [6.45, 7) is 0.527. The van der Waals surface area contributed by atoms with E-state index in [1.807, 2.05) is 17.5 Å². The van der Waals surface area contributed by atoms with Gasteiger partial charge in [-0.25, -0.2) is 4.98 Å². The maximum Gasteiger partial charge on any atom is 0.307 e. The van der Waals surface area contributed by atoms with Crippen molar-refractivity contribution in [3.8, 4) is 0 Å². The number of aromatic nitrogens is 1. The SMILES string of the molecule is COC(=O)CC(NCc1cnco1)c1cccs1. The third kappa shape index (κ3) is 3.41. The minimum atomic E-state index is -0.238. The van der Waals surface area contributed by atoms with E-state index in [0.29, 0.717) is 13.0 Å². The summed E-state index contributed by atoms with van der Waals surface area (Å²) in [5, 5.41) is 5.25. The molecule has 2 aromatic heterocycles. The van der Waals surface area contributed by atoms with Crippen molar-refractivity contribution >= 4 is 17.3 Å². The van der Waals surface area contributed by atoms with Gasteiger partial charge in [-0.05, 0) is 11.4 Å². The number of rotatable bonds is 6. The van der Waals surface area contributed by atoms with Crippen LogP contribution in [0.25, 0.3) is 0 Å². The van der Waals surface area contributed by atoms with Crippen molar-refractivity contribution in [1.29, 1.82) is 0 Å². The predicted octanol–water partition coefficient (Wildman–Crippen LogP) is 2.13. The Bertz CT molecular complexity index is 467. The van der Waals surface area contributed by atoms with E-state index in [-0.39, 0.29) is 12.0 Å². The summed E-state index contributed by atoms with van der Waals surface area (Å²) in [5.41, 5.74) is 0. The molecule has 0 spiro atoms. The number of methoxy groups -OCH3 is 1. The number of carbonyl (C=O) groups is 1. The number of carbonyl (C=O) groups excluding carboxylic acids is 1. The van der Waals surface area contributed by atoms with Crippen molar-refractivity contribution in [3.05, 3.63) is 40.7 Å². The van der Waals surface area contributed by atoms with Crippen LogP contribution < -0.4 is 5.32 Å². The fourth-order valence-electron chi connectivity index (χ4n) is 1.57. The summed E-state index contributed by atoms with van der Waals surface area (Å²) < 4.78 is 9.85. The fourth-order valence-corrected chi connectivity index (χ4v) is 2.37. The number of nitrogens with zero attached hydrogens (tertiary/aromatic N) is 1. The first-order valence-electron chi connectivity index (χ1n) is 5.50. The molecule has 0 radical (unpaired) electrons. The molecule has 6 heteroatoms. The van der Waals surface area contributed by atoms with Gasteiger partial charge in [0, 0.05) is 4.88 Å². The molecule has 0 saturated heterocycles. The highest BCUT2D eigenvalue weighted by Crippen LogP contribution is 2.22. The van der Waals surface area contributed by atoms with Crippen LogP contribution in [-0.4, -0.2) is 18.1 Å². The van der Waals surface area contributed by atoms with Crippen molar-refractivity contribution in [2.24, 2.45) is 0 Å². The van der Waals surface area contributed by atoms with Crippen LogP contribution in [0.2, 0.25) is 0 Å². The molecule has 0 fully saturated rings. The molecule has 0 aliphatic heterocycles. The zero-order valence-electron chi connectivity index (χ0n) is 9.96. The first-order chi connectivity index (χ1) is 8.79. The molecular weight excluding hydrogens is 252 g/mol. The maximum atomic E-state index is 11.4. The quantitative estimate of drug-likeness (QED) is 0.811. The summed E-state index contributed by atoms with van der Waals surface area (Å²) in [7, 11) is 1.39. The molecule has 2 rings (SSSR count). The standard InChI is InChI=1S/C12H14N2O3S/c1-16-12(15)5-10(11-3-2-4-18-11)14-7-9-6-13-8-17-9/h2-4,6,8,10,14H,5,7H2,1H3. The van der Waals surface area contributed by atoms with Gasteiger partial charge >= 0.3 is 5.97 Å². The molecular formula is C12H14N2O3S. The number of thiophene rings is 1. The topological polar surface area (TPSA) is 64.4 Å². The van der Waals surface area contributed by atoms with E-state index < -0.39 is 0 Å². The predicted molar refractivity (Wildman–Crippen MR) is 67.0 cm³/mol. The lowest BCUT2D eigenvalue weighted by Gasteiger charge is -2.15. The fraction of sp³-hybridized carbons (Fsp3) is 0.333. The molecule has 96 valence electrons. The molecule has 18 heavy (non-hydrogen) atoms. The van der Waals surface area contributed by atoms with Crippen LogP contribution in [0.5, 0.6) is 0 Å². The van der Waals surface area contributed by atoms with Crippen molar-refractivity contribution in [1.82, 2.24) is 10.3 Å². The monoisotopic (exact) mass is 266 g/mol. The van der Waals surface area contributed by atoms with Gasteiger partial charge in [0.25, 0.3) is 0 Å². The van der Waals surface area contributed by atoms with Crippen molar-refractivity contribution in [2.45, 2.75) is 19.0 Å². The lowest BCUT2D eigenvalue weighted by molar-refractivity contribution is -0.141. The smallest absolute Gasteiger partial charge is 0.307 e. The van der Waals surface area contributed by atoms with E-state index in [1.54, 1.807) is 17.5 Å². The molecule has 0 aliphatic carbocycles. The van der Waals surface area contributed by atoms with Crippen LogP contribution in [0.3, 0.4) is 0 Å². The van der Waals surface area contributed by atoms with Crippen LogP contribution in [0.4, 0.5) is 0 Å². The highest BCUT2D eigenvalue weighted by Gasteiger charge is 2.17. The highest BCUT2D eigenvalue weighted by molar-refractivity contribution is 7.10. The van der Waals surface area contributed by atoms with Gasteiger partial charge in [-0.15, -0.1) is 11.3 Å². The van der Waals surface area contributed by atoms with E-state index in [9.17, 15) is 4.79 Å². The first-order valence-corrected chi connectivity index (χ1v) is 6.38. The molecule has 0 aromatic carbocycles. The average molecular weight is 266 g/mol. The number of esters is 1. The second kappa shape index (κ2) is 6.32. The lowest BCUT2D eigenvalue weighted by Crippen LogP contribution is -2.23. The first kappa shape index (κ1) is 12.8. The second-order valence-electron chi connectivity index (χ2n) is 3.70. The number of hydrogen-bond acceptors (Lipinski definition) is 6. The maximum absolute atomic E-state index is 11.4. The second-order valence-corrected chi connectivity index (χ2v) is 4.68. The number of hydrogen-bond donors (Lipinski definition) is 1. The Balaban J connectivity index is 1.98. The average Bonchev–Trinajstić information content (AvgIpc) is 3.06. The van der Waals surface area contributed by atoms with Gasteiger partial charge < -0.3 is 14.5 Å². The third-order valence-electron chi connectivity index (χ3n) is 2.49. The van der Waals surface area contributed by atoms with Crippen LogP contribution in [0.15, 0.2) is 34.5 Å². The number of oxazole rings is 1. The molecule has 0 amide bonds. The van der Waals surface area contributed by atoms with Gasteiger partial charge in [-0.3, -0.25) is 4.79 Å². The lowest BCUT2D eigenvalue weighted by atomic mass is 10.1. The van der Waals surface area contributed by atoms with Gasteiger partial charge in [0.05, 0.1) is 32.3 Å². The number of ether oxygens (including phenoxy) is 1.